The molecule has 4 nitrogen and oxygen atoms in total. The van der Waals surface area contributed by atoms with Gasteiger partial charge in [0, 0.05) is 6.04 Å². The second-order valence-corrected chi connectivity index (χ2v) is 5.62. The number of nitrogens with two attached hydrogens (primary N) is 1. The first-order valence-electron chi connectivity index (χ1n) is 6.35. The molecule has 0 fully saturated rings. The van der Waals surface area contributed by atoms with Crippen molar-refractivity contribution in [1.29, 1.82) is 0 Å². The van der Waals surface area contributed by atoms with E-state index in [4.69, 9.17) is 5.73 Å². The van der Waals surface area contributed by atoms with Gasteiger partial charge in [-0.15, -0.1) is 11.3 Å². The van der Waals surface area contributed by atoms with E-state index >= 15 is 0 Å². The molecule has 0 radical (unpaired) electrons. The smallest absolute Gasteiger partial charge is 0.146 e. The molecule has 2 aromatic heterocycles. The highest BCUT2D eigenvalue weighted by molar-refractivity contribution is 7.16. The second-order valence-electron chi connectivity index (χ2n) is 4.73. The number of aromatic nitrogens is 2. The summed E-state index contributed by atoms with van der Waals surface area (Å²) in [7, 11) is 0. The van der Waals surface area contributed by atoms with Crippen LogP contribution in [-0.4, -0.2) is 27.5 Å². The third kappa shape index (κ3) is 2.79. The lowest BCUT2D eigenvalue weighted by molar-refractivity contribution is 0.208. The van der Waals surface area contributed by atoms with E-state index in [1.807, 2.05) is 11.4 Å². The van der Waals surface area contributed by atoms with Crippen LogP contribution in [0.25, 0.3) is 10.2 Å². The van der Waals surface area contributed by atoms with Crippen LogP contribution in [-0.2, 0) is 6.54 Å². The third-order valence-electron chi connectivity index (χ3n) is 2.99. The summed E-state index contributed by atoms with van der Waals surface area (Å²) in [6.07, 6.45) is 1.13. The molecular formula is C13H20N4S. The van der Waals surface area contributed by atoms with Crippen molar-refractivity contribution < 1.29 is 0 Å². The van der Waals surface area contributed by atoms with Crippen molar-refractivity contribution in [2.24, 2.45) is 0 Å². The van der Waals surface area contributed by atoms with E-state index in [0.29, 0.717) is 11.9 Å². The number of hydrogen-bond acceptors (Lipinski definition) is 5. The van der Waals surface area contributed by atoms with Gasteiger partial charge in [-0.05, 0) is 38.3 Å². The molecule has 0 aliphatic rings. The van der Waals surface area contributed by atoms with Crippen LogP contribution in [0.4, 0.5) is 5.82 Å². The van der Waals surface area contributed by atoms with Crippen LogP contribution in [0, 0.1) is 0 Å². The van der Waals surface area contributed by atoms with Crippen molar-refractivity contribution in [2.75, 3.05) is 12.3 Å². The van der Waals surface area contributed by atoms with Gasteiger partial charge in [-0.25, -0.2) is 9.97 Å². The topological polar surface area (TPSA) is 55.0 Å². The summed E-state index contributed by atoms with van der Waals surface area (Å²) in [5.74, 6) is 1.42. The maximum Gasteiger partial charge on any atom is 0.146 e. The molecule has 0 aromatic carbocycles. The highest BCUT2D eigenvalue weighted by Gasteiger charge is 2.13. The average Bonchev–Trinajstić information content (AvgIpc) is 2.77. The number of nitrogen functional groups attached to an aromatic ring is 1. The zero-order valence-electron chi connectivity index (χ0n) is 11.2. The minimum absolute atomic E-state index is 0.494. The molecule has 2 rings (SSSR count). The predicted molar refractivity (Wildman–Crippen MR) is 77.7 cm³/mol. The molecule has 0 aliphatic heterocycles. The Bertz CT molecular complexity index is 521. The lowest BCUT2D eigenvalue weighted by Gasteiger charge is -2.25. The number of hydrogen-bond donors (Lipinski definition) is 1. The minimum Gasteiger partial charge on any atom is -0.383 e. The molecule has 2 heterocycles. The summed E-state index contributed by atoms with van der Waals surface area (Å²) in [5, 5.41) is 2.97. The quantitative estimate of drug-likeness (QED) is 0.902. The standard InChI is InChI=1S/C13H20N4S/c1-4-6-17(9(2)3)8-11-15-12(14)10-5-7-18-13(10)16-11/h5,7,9H,4,6,8H2,1-3H3,(H2,14,15,16). The number of thiophene rings is 1. The second kappa shape index (κ2) is 5.63. The summed E-state index contributed by atoms with van der Waals surface area (Å²) in [6, 6.07) is 2.47. The molecule has 0 spiro atoms. The molecule has 0 saturated heterocycles. The Morgan fingerprint density at radius 3 is 2.83 bits per heavy atom. The van der Waals surface area contributed by atoms with E-state index in [1.54, 1.807) is 11.3 Å². The molecular weight excluding hydrogens is 244 g/mol. The van der Waals surface area contributed by atoms with Crippen LogP contribution in [0.15, 0.2) is 11.4 Å². The number of anilines is 1. The minimum atomic E-state index is 0.494. The van der Waals surface area contributed by atoms with E-state index in [-0.39, 0.29) is 0 Å². The van der Waals surface area contributed by atoms with Crippen LogP contribution in [0.2, 0.25) is 0 Å². The number of nitrogens with zero attached hydrogens (tertiary/aromatic N) is 3. The van der Waals surface area contributed by atoms with Gasteiger partial charge in [0.2, 0.25) is 0 Å². The highest BCUT2D eigenvalue weighted by atomic mass is 32.1. The first-order valence-corrected chi connectivity index (χ1v) is 7.23. The van der Waals surface area contributed by atoms with Gasteiger partial charge in [0.1, 0.15) is 16.5 Å². The summed E-state index contributed by atoms with van der Waals surface area (Å²) in [5.41, 5.74) is 5.96. The molecule has 0 bridgehead atoms. The van der Waals surface area contributed by atoms with Gasteiger partial charge in [-0.1, -0.05) is 6.92 Å². The Balaban J connectivity index is 2.24. The van der Waals surface area contributed by atoms with Crippen molar-refractivity contribution in [2.45, 2.75) is 39.8 Å². The predicted octanol–water partition coefficient (Wildman–Crippen LogP) is 2.89. The lowest BCUT2D eigenvalue weighted by Crippen LogP contribution is -2.31. The monoisotopic (exact) mass is 264 g/mol. The van der Waals surface area contributed by atoms with Crippen molar-refractivity contribution in [3.63, 3.8) is 0 Å². The van der Waals surface area contributed by atoms with E-state index in [1.165, 1.54) is 0 Å². The Kier molecular flexibility index (Phi) is 4.14. The lowest BCUT2D eigenvalue weighted by atomic mass is 10.3. The van der Waals surface area contributed by atoms with E-state index in [0.717, 1.165) is 35.6 Å². The molecule has 0 amide bonds. The number of fused-ring (bicyclic) bond motifs is 1. The van der Waals surface area contributed by atoms with Gasteiger partial charge in [-0.2, -0.15) is 0 Å². The van der Waals surface area contributed by atoms with Crippen molar-refractivity contribution >= 4 is 27.4 Å². The summed E-state index contributed by atoms with van der Waals surface area (Å²) in [4.78, 5) is 12.3. The van der Waals surface area contributed by atoms with Crippen LogP contribution in [0.5, 0.6) is 0 Å². The molecule has 0 atom stereocenters. The van der Waals surface area contributed by atoms with Gasteiger partial charge in [-0.3, -0.25) is 4.90 Å². The molecule has 0 saturated carbocycles. The normalized spacial score (nSPS) is 11.8. The van der Waals surface area contributed by atoms with Gasteiger partial charge in [0.05, 0.1) is 11.9 Å². The maximum absolute atomic E-state index is 5.96. The molecule has 18 heavy (non-hydrogen) atoms. The molecule has 0 aliphatic carbocycles. The molecule has 2 N–H and O–H groups in total. The zero-order chi connectivity index (χ0) is 13.1. The molecule has 98 valence electrons. The van der Waals surface area contributed by atoms with Crippen molar-refractivity contribution in [3.05, 3.63) is 17.3 Å². The molecule has 5 heteroatoms. The van der Waals surface area contributed by atoms with Gasteiger partial charge < -0.3 is 5.73 Å². The van der Waals surface area contributed by atoms with Crippen LogP contribution >= 0.6 is 11.3 Å². The first-order chi connectivity index (χ1) is 8.61. The van der Waals surface area contributed by atoms with Crippen LogP contribution < -0.4 is 5.73 Å². The summed E-state index contributed by atoms with van der Waals surface area (Å²) >= 11 is 1.61. The Labute approximate surface area is 112 Å². The fraction of sp³-hybridized carbons (Fsp3) is 0.538. The average molecular weight is 264 g/mol. The van der Waals surface area contributed by atoms with Gasteiger partial charge in [0.15, 0.2) is 0 Å². The van der Waals surface area contributed by atoms with Gasteiger partial charge >= 0.3 is 0 Å². The molecule has 2 aromatic rings. The third-order valence-corrected chi connectivity index (χ3v) is 3.79. The van der Waals surface area contributed by atoms with Crippen molar-refractivity contribution in [3.8, 4) is 0 Å². The number of rotatable bonds is 5. The van der Waals surface area contributed by atoms with E-state index < -0.39 is 0 Å². The van der Waals surface area contributed by atoms with E-state index in [9.17, 15) is 0 Å². The van der Waals surface area contributed by atoms with Crippen LogP contribution in [0.1, 0.15) is 33.0 Å². The highest BCUT2D eigenvalue weighted by Crippen LogP contribution is 2.23. The Morgan fingerprint density at radius 2 is 2.17 bits per heavy atom. The van der Waals surface area contributed by atoms with Crippen molar-refractivity contribution in [1.82, 2.24) is 14.9 Å². The van der Waals surface area contributed by atoms with E-state index in [2.05, 4.69) is 35.6 Å². The fourth-order valence-corrected chi connectivity index (χ4v) is 2.77. The summed E-state index contributed by atoms with van der Waals surface area (Å²) < 4.78 is 0. The largest absolute Gasteiger partial charge is 0.383 e. The van der Waals surface area contributed by atoms with Crippen LogP contribution in [0.3, 0.4) is 0 Å². The Hall–Kier alpha value is -1.20. The fourth-order valence-electron chi connectivity index (χ4n) is 1.98. The zero-order valence-corrected chi connectivity index (χ0v) is 12.0. The summed E-state index contributed by atoms with van der Waals surface area (Å²) in [6.45, 7) is 8.41. The SMILES string of the molecule is CCCN(Cc1nc(N)c2ccsc2n1)C(C)C. The maximum atomic E-state index is 5.96. The first kappa shape index (κ1) is 13.2. The Morgan fingerprint density at radius 1 is 1.39 bits per heavy atom. The van der Waals surface area contributed by atoms with Gasteiger partial charge in [0.25, 0.3) is 0 Å². The molecule has 0 unspecified atom stereocenters.